The van der Waals surface area contributed by atoms with Gasteiger partial charge in [0.05, 0.1) is 17.1 Å². The maximum absolute atomic E-state index is 13.6. The molecule has 1 aromatic heterocycles. The van der Waals surface area contributed by atoms with Crippen LogP contribution in [0.4, 0.5) is 8.78 Å². The molecule has 1 aliphatic rings. The second-order valence-electron chi connectivity index (χ2n) is 6.11. The zero-order valence-corrected chi connectivity index (χ0v) is 14.5. The summed E-state index contributed by atoms with van der Waals surface area (Å²) < 4.78 is 58.0. The van der Waals surface area contributed by atoms with Gasteiger partial charge in [0.15, 0.2) is 0 Å². The summed E-state index contributed by atoms with van der Waals surface area (Å²) in [5.41, 5.74) is 2.15. The summed E-state index contributed by atoms with van der Waals surface area (Å²) in [5, 5.41) is 4.35. The van der Waals surface area contributed by atoms with E-state index in [-0.39, 0.29) is 11.6 Å². The summed E-state index contributed by atoms with van der Waals surface area (Å²) in [5.74, 6) is -1.67. The molecule has 0 amide bonds. The van der Waals surface area contributed by atoms with Crippen molar-refractivity contribution in [1.82, 2.24) is 9.78 Å². The highest BCUT2D eigenvalue weighted by atomic mass is 32.2. The number of fused-ring (bicyclic) bond motifs is 1. The first-order chi connectivity index (χ1) is 12.3. The molecule has 26 heavy (non-hydrogen) atoms. The van der Waals surface area contributed by atoms with Crippen LogP contribution in [0.25, 0.3) is 5.69 Å². The lowest BCUT2D eigenvalue weighted by molar-refractivity contribution is 0.446. The Bertz CT molecular complexity index is 1090. The van der Waals surface area contributed by atoms with Crippen molar-refractivity contribution in [3.8, 4) is 11.6 Å². The molecule has 0 radical (unpaired) electrons. The molecule has 134 valence electrons. The van der Waals surface area contributed by atoms with Crippen LogP contribution in [0.3, 0.4) is 0 Å². The Labute approximate surface area is 149 Å². The predicted molar refractivity (Wildman–Crippen MR) is 90.9 cm³/mol. The van der Waals surface area contributed by atoms with Gasteiger partial charge in [-0.05, 0) is 42.8 Å². The van der Waals surface area contributed by atoms with Crippen LogP contribution in [0.5, 0.6) is 5.88 Å². The smallest absolute Gasteiger partial charge is 0.311 e. The van der Waals surface area contributed by atoms with Crippen molar-refractivity contribution >= 4 is 10.1 Å². The molecule has 0 saturated carbocycles. The minimum absolute atomic E-state index is 0.0358. The van der Waals surface area contributed by atoms with Crippen molar-refractivity contribution in [3.63, 3.8) is 0 Å². The first-order valence-electron chi connectivity index (χ1n) is 7.87. The summed E-state index contributed by atoms with van der Waals surface area (Å²) in [6, 6.07) is 11.3. The highest BCUT2D eigenvalue weighted by Gasteiger charge is 2.37. The van der Waals surface area contributed by atoms with E-state index >= 15 is 0 Å². The van der Waals surface area contributed by atoms with Gasteiger partial charge < -0.3 is 4.18 Å². The molecule has 2 aromatic carbocycles. The third-order valence-electron chi connectivity index (χ3n) is 4.31. The Morgan fingerprint density at radius 3 is 2.54 bits per heavy atom. The molecule has 0 N–H and O–H groups in total. The van der Waals surface area contributed by atoms with Gasteiger partial charge in [-0.15, -0.1) is 0 Å². The normalized spacial score (nSPS) is 18.2. The van der Waals surface area contributed by atoms with E-state index in [1.165, 1.54) is 35.0 Å². The van der Waals surface area contributed by atoms with Gasteiger partial charge in [0, 0.05) is 11.5 Å². The van der Waals surface area contributed by atoms with E-state index in [2.05, 4.69) is 5.10 Å². The lowest BCUT2D eigenvalue weighted by Crippen LogP contribution is -2.27. The third kappa shape index (κ3) is 2.86. The molecule has 1 atom stereocenters. The number of aromatic nitrogens is 2. The number of halogens is 2. The van der Waals surface area contributed by atoms with Crippen LogP contribution in [-0.4, -0.2) is 24.0 Å². The second-order valence-corrected chi connectivity index (χ2v) is 7.72. The predicted octanol–water partition coefficient (Wildman–Crippen LogP) is 3.31. The molecule has 1 aliphatic heterocycles. The van der Waals surface area contributed by atoms with E-state index in [1.54, 1.807) is 25.1 Å². The lowest BCUT2D eigenvalue weighted by atomic mass is 9.93. The van der Waals surface area contributed by atoms with Crippen molar-refractivity contribution in [1.29, 1.82) is 0 Å². The van der Waals surface area contributed by atoms with Crippen molar-refractivity contribution in [2.75, 3.05) is 5.75 Å². The summed E-state index contributed by atoms with van der Waals surface area (Å²) in [4.78, 5) is 0. The average Bonchev–Trinajstić information content (AvgIpc) is 2.90. The standard InChI is InChI=1S/C18H14F2N2O3S/c1-11-17-16(12-5-7-13(19)8-6-12)10-26(23,24)25-18(17)22(21-11)15-4-2-3-14(20)9-15/h2-9,16H,10H2,1H3. The van der Waals surface area contributed by atoms with E-state index in [4.69, 9.17) is 4.18 Å². The van der Waals surface area contributed by atoms with Crippen LogP contribution in [0.2, 0.25) is 0 Å². The second kappa shape index (κ2) is 5.91. The Kier molecular flexibility index (Phi) is 3.80. The van der Waals surface area contributed by atoms with Crippen LogP contribution in [-0.2, 0) is 10.1 Å². The quantitative estimate of drug-likeness (QED) is 0.644. The van der Waals surface area contributed by atoms with E-state index in [0.717, 1.165) is 0 Å². The number of aryl methyl sites for hydroxylation is 1. The molecular weight excluding hydrogens is 362 g/mol. The molecule has 3 aromatic rings. The summed E-state index contributed by atoms with van der Waals surface area (Å²) >= 11 is 0. The van der Waals surface area contributed by atoms with Gasteiger partial charge in [0.1, 0.15) is 11.6 Å². The Hall–Kier alpha value is -2.74. The topological polar surface area (TPSA) is 61.2 Å². The minimum atomic E-state index is -3.88. The highest BCUT2D eigenvalue weighted by Crippen LogP contribution is 2.41. The largest absolute Gasteiger partial charge is 0.361 e. The van der Waals surface area contributed by atoms with Crippen molar-refractivity contribution in [3.05, 3.63) is 77.0 Å². The lowest BCUT2D eigenvalue weighted by Gasteiger charge is -2.24. The molecule has 2 heterocycles. The van der Waals surface area contributed by atoms with Gasteiger partial charge in [0.2, 0.25) is 5.88 Å². The van der Waals surface area contributed by atoms with Gasteiger partial charge >= 0.3 is 10.1 Å². The average molecular weight is 376 g/mol. The molecular formula is C18H14F2N2O3S. The van der Waals surface area contributed by atoms with Crippen LogP contribution in [0, 0.1) is 18.6 Å². The molecule has 0 aliphatic carbocycles. The van der Waals surface area contributed by atoms with Crippen LogP contribution in [0.15, 0.2) is 48.5 Å². The van der Waals surface area contributed by atoms with Crippen LogP contribution >= 0.6 is 0 Å². The Morgan fingerprint density at radius 2 is 1.85 bits per heavy atom. The Balaban J connectivity index is 1.92. The molecule has 1 unspecified atom stereocenters. The number of rotatable bonds is 2. The van der Waals surface area contributed by atoms with Crippen LogP contribution in [0.1, 0.15) is 22.7 Å². The molecule has 0 bridgehead atoms. The van der Waals surface area contributed by atoms with Crippen LogP contribution < -0.4 is 4.18 Å². The summed E-state index contributed by atoms with van der Waals surface area (Å²) in [6.45, 7) is 1.73. The van der Waals surface area contributed by atoms with Crippen molar-refractivity contribution in [2.45, 2.75) is 12.8 Å². The number of benzene rings is 2. The van der Waals surface area contributed by atoms with Gasteiger partial charge in [-0.1, -0.05) is 18.2 Å². The SMILES string of the molecule is Cc1nn(-c2cccc(F)c2)c2c1C(c1ccc(F)cc1)CS(=O)(=O)O2. The number of hydrogen-bond acceptors (Lipinski definition) is 4. The monoisotopic (exact) mass is 376 g/mol. The fraction of sp³-hybridized carbons (Fsp3) is 0.167. The van der Waals surface area contributed by atoms with Gasteiger partial charge in [-0.25, -0.2) is 8.78 Å². The maximum Gasteiger partial charge on any atom is 0.311 e. The molecule has 0 spiro atoms. The fourth-order valence-electron chi connectivity index (χ4n) is 3.18. The van der Waals surface area contributed by atoms with E-state index in [1.807, 2.05) is 0 Å². The van der Waals surface area contributed by atoms with Crippen molar-refractivity contribution in [2.24, 2.45) is 0 Å². The first-order valence-corrected chi connectivity index (χ1v) is 9.45. The highest BCUT2D eigenvalue weighted by molar-refractivity contribution is 7.87. The first kappa shape index (κ1) is 16.7. The number of hydrogen-bond donors (Lipinski definition) is 0. The van der Waals surface area contributed by atoms with E-state index in [9.17, 15) is 17.2 Å². The summed E-state index contributed by atoms with van der Waals surface area (Å²) in [7, 11) is -3.88. The van der Waals surface area contributed by atoms with Gasteiger partial charge in [0.25, 0.3) is 0 Å². The zero-order valence-electron chi connectivity index (χ0n) is 13.7. The Morgan fingerprint density at radius 1 is 1.12 bits per heavy atom. The molecule has 8 heteroatoms. The minimum Gasteiger partial charge on any atom is -0.361 e. The molecule has 5 nitrogen and oxygen atoms in total. The fourth-order valence-corrected chi connectivity index (χ4v) is 4.42. The van der Waals surface area contributed by atoms with E-state index in [0.29, 0.717) is 22.5 Å². The molecule has 4 rings (SSSR count). The van der Waals surface area contributed by atoms with Gasteiger partial charge in [-0.2, -0.15) is 18.2 Å². The third-order valence-corrected chi connectivity index (χ3v) is 5.47. The molecule has 0 saturated heterocycles. The van der Waals surface area contributed by atoms with Crippen molar-refractivity contribution < 1.29 is 21.4 Å². The number of nitrogens with zero attached hydrogens (tertiary/aromatic N) is 2. The maximum atomic E-state index is 13.6. The van der Waals surface area contributed by atoms with E-state index < -0.39 is 27.7 Å². The van der Waals surface area contributed by atoms with Gasteiger partial charge in [-0.3, -0.25) is 0 Å². The molecule has 0 fully saturated rings. The zero-order chi connectivity index (χ0) is 18.5. The summed E-state index contributed by atoms with van der Waals surface area (Å²) in [6.07, 6.45) is 0.